The monoisotopic (exact) mass is 487 g/mol. The number of H-pyrrole nitrogens is 1. The van der Waals surface area contributed by atoms with Gasteiger partial charge < -0.3 is 40.0 Å². The first-order valence-corrected chi connectivity index (χ1v) is 10.9. The van der Waals surface area contributed by atoms with Gasteiger partial charge in [0.15, 0.2) is 11.5 Å². The second kappa shape index (κ2) is 10.2. The van der Waals surface area contributed by atoms with Gasteiger partial charge in [0.05, 0.1) is 24.2 Å². The Morgan fingerprint density at radius 2 is 1.79 bits per heavy atom. The van der Waals surface area contributed by atoms with Crippen molar-refractivity contribution < 1.29 is 33.8 Å². The maximum atomic E-state index is 12.3. The molecular weight excluding hydrogens is 461 g/mol. The van der Waals surface area contributed by atoms with E-state index in [1.807, 2.05) is 18.8 Å². The van der Waals surface area contributed by atoms with Crippen LogP contribution in [-0.2, 0) is 20.2 Å². The fourth-order valence-corrected chi connectivity index (χ4v) is 3.55. The first-order chi connectivity index (χ1) is 14.9. The summed E-state index contributed by atoms with van der Waals surface area (Å²) in [4.78, 5) is 45.4. The molecule has 0 radical (unpaired) electrons. The molecule has 0 amide bonds. The van der Waals surface area contributed by atoms with Gasteiger partial charge in [-0.1, -0.05) is 0 Å². The first kappa shape index (κ1) is 26.7. The Morgan fingerprint density at radius 1 is 1.15 bits per heavy atom. The number of rotatable bonds is 8. The molecule has 1 unspecified atom stereocenters. The number of benzene rings is 1. The van der Waals surface area contributed by atoms with Crippen LogP contribution in [0.25, 0.3) is 22.6 Å². The maximum absolute atomic E-state index is 12.3. The molecule has 0 spiro atoms. The molecule has 0 saturated heterocycles. The molecular formula is C18H26N5O9P. The summed E-state index contributed by atoms with van der Waals surface area (Å²) in [5.41, 5.74) is 0.683. The number of hydrogen-bond donors (Lipinski definition) is 5. The van der Waals surface area contributed by atoms with Crippen LogP contribution in [-0.4, -0.2) is 66.9 Å². The number of aromatic amines is 1. The quantitative estimate of drug-likeness (QED) is 0.187. The van der Waals surface area contributed by atoms with Crippen molar-refractivity contribution >= 4 is 18.9 Å². The molecule has 1 aromatic carbocycles. The van der Waals surface area contributed by atoms with Gasteiger partial charge in [0.25, 0.3) is 13.4 Å². The van der Waals surface area contributed by atoms with Crippen molar-refractivity contribution in [2.75, 3.05) is 13.7 Å². The predicted octanol–water partition coefficient (Wildman–Crippen LogP) is -1.21. The molecule has 33 heavy (non-hydrogen) atoms. The highest BCUT2D eigenvalue weighted by atomic mass is 31.2. The van der Waals surface area contributed by atoms with Crippen LogP contribution in [0.1, 0.15) is 11.1 Å². The van der Waals surface area contributed by atoms with Crippen LogP contribution in [0.4, 0.5) is 0 Å². The van der Waals surface area contributed by atoms with Gasteiger partial charge in [-0.25, -0.2) is 9.78 Å². The number of aliphatic hydroxyl groups is 3. The van der Waals surface area contributed by atoms with E-state index in [1.165, 1.54) is 4.57 Å². The van der Waals surface area contributed by atoms with E-state index in [0.717, 1.165) is 18.2 Å². The maximum Gasteiger partial charge on any atom is 0.349 e. The number of phosphoric ester groups is 1. The molecule has 2 aliphatic heterocycles. The molecule has 15 heteroatoms. The Kier molecular flexibility index (Phi) is 8.22. The Balaban J connectivity index is 0.00000385. The second-order valence-corrected chi connectivity index (χ2v) is 8.76. The van der Waals surface area contributed by atoms with Crippen LogP contribution in [0.15, 0.2) is 21.7 Å². The lowest BCUT2D eigenvalue weighted by molar-refractivity contribution is -0.226. The van der Waals surface area contributed by atoms with Crippen molar-refractivity contribution in [1.29, 1.82) is 0 Å². The minimum atomic E-state index is -4.65. The lowest BCUT2D eigenvalue weighted by atomic mass is 10.1. The second-order valence-electron chi connectivity index (χ2n) is 7.24. The Morgan fingerprint density at radius 3 is 2.42 bits per heavy atom. The molecule has 14 nitrogen and oxygen atoms in total. The number of aliphatic hydroxyl groups excluding tert-OH is 3. The van der Waals surface area contributed by atoms with Gasteiger partial charge >= 0.3 is 5.69 Å². The zero-order chi connectivity index (χ0) is 23.8. The fourth-order valence-electron chi connectivity index (χ4n) is 3.11. The van der Waals surface area contributed by atoms with E-state index in [9.17, 15) is 34.4 Å². The van der Waals surface area contributed by atoms with Crippen LogP contribution in [0, 0.1) is 13.8 Å². The predicted molar refractivity (Wildman–Crippen MR) is 115 cm³/mol. The standard InChI is InChI=1S/C18H23N4O9P.H3N/c1-8-4-10-11(5-9(8)2)22(16-14(19-10)17(26)21-18(27)20-16)6-12(23)15(25)13(24)7-31-32(28,29)30-3;/h4-5,12-13,15,23-25H,6-7H2,1-3H3,(H,28,29)(H,21,26,27);1H3/t12-,13+,15-;/m1./s1. The molecule has 1 aromatic rings. The third-order valence-electron chi connectivity index (χ3n) is 5.01. The van der Waals surface area contributed by atoms with E-state index < -0.39 is 50.5 Å². The zero-order valence-electron chi connectivity index (χ0n) is 18.4. The zero-order valence-corrected chi connectivity index (χ0v) is 19.3. The Hall–Kier alpha value is -2.55. The van der Waals surface area contributed by atoms with Gasteiger partial charge in [-0.05, 0) is 37.1 Å². The third kappa shape index (κ3) is 5.69. The van der Waals surface area contributed by atoms with Crippen molar-refractivity contribution in [3.63, 3.8) is 0 Å². The van der Waals surface area contributed by atoms with Crippen molar-refractivity contribution in [2.24, 2.45) is 0 Å². The smallest absolute Gasteiger partial charge is 0.349 e. The molecule has 0 aliphatic carbocycles. The summed E-state index contributed by atoms with van der Waals surface area (Å²) in [5.74, 6) is -0.130. The summed E-state index contributed by atoms with van der Waals surface area (Å²) in [7, 11) is -3.78. The molecule has 2 heterocycles. The number of aromatic nitrogens is 4. The molecule has 3 rings (SSSR count). The lowest BCUT2D eigenvalue weighted by Gasteiger charge is -2.27. The molecule has 0 fully saturated rings. The van der Waals surface area contributed by atoms with Crippen molar-refractivity contribution in [3.05, 3.63) is 44.1 Å². The van der Waals surface area contributed by atoms with E-state index in [0.29, 0.717) is 11.0 Å². The highest BCUT2D eigenvalue weighted by Gasteiger charge is 2.29. The molecule has 0 bridgehead atoms. The van der Waals surface area contributed by atoms with Gasteiger partial charge in [-0.2, -0.15) is 4.98 Å². The molecule has 0 saturated carbocycles. The number of nitrogens with zero attached hydrogens (tertiary/aromatic N) is 3. The number of nitrogens with one attached hydrogen (secondary N) is 1. The molecule has 8 N–H and O–H groups in total. The number of aryl methyl sites for hydroxylation is 2. The number of quaternary nitrogens is 1. The Bertz CT molecular complexity index is 1280. The number of hydrogen-bond acceptors (Lipinski definition) is 11. The van der Waals surface area contributed by atoms with Crippen LogP contribution in [0.5, 0.6) is 0 Å². The van der Waals surface area contributed by atoms with Crippen molar-refractivity contribution in [1.82, 2.24) is 25.7 Å². The molecule has 182 valence electrons. The summed E-state index contributed by atoms with van der Waals surface area (Å²) in [6, 6.07) is 3.43. The normalized spacial score (nSPS) is 16.2. The largest absolute Gasteiger partial charge is 0.756 e. The van der Waals surface area contributed by atoms with Gasteiger partial charge in [0.1, 0.15) is 18.3 Å². The van der Waals surface area contributed by atoms with E-state index >= 15 is 0 Å². The van der Waals surface area contributed by atoms with Crippen LogP contribution >= 0.6 is 7.82 Å². The average molecular weight is 487 g/mol. The van der Waals surface area contributed by atoms with Gasteiger partial charge in [0.2, 0.25) is 0 Å². The highest BCUT2D eigenvalue weighted by molar-refractivity contribution is 7.45. The fraction of sp³-hybridized carbons (Fsp3) is 0.444. The van der Waals surface area contributed by atoms with Gasteiger partial charge in [-0.15, -0.1) is 0 Å². The first-order valence-electron chi connectivity index (χ1n) is 9.41. The highest BCUT2D eigenvalue weighted by Crippen LogP contribution is 2.37. The van der Waals surface area contributed by atoms with Gasteiger partial charge in [-0.3, -0.25) is 14.3 Å². The summed E-state index contributed by atoms with van der Waals surface area (Å²) < 4.78 is 21.1. The summed E-state index contributed by atoms with van der Waals surface area (Å²) in [6.45, 7) is 2.40. The van der Waals surface area contributed by atoms with Crippen molar-refractivity contribution in [2.45, 2.75) is 38.7 Å². The van der Waals surface area contributed by atoms with Crippen LogP contribution in [0.2, 0.25) is 0 Å². The van der Waals surface area contributed by atoms with Crippen LogP contribution < -0.4 is 22.3 Å². The van der Waals surface area contributed by atoms with Crippen LogP contribution in [0.3, 0.4) is 0 Å². The molecule has 0 aromatic heterocycles. The van der Waals surface area contributed by atoms with Gasteiger partial charge in [0, 0.05) is 7.11 Å². The number of phosphoric acid groups is 1. The average Bonchev–Trinajstić information content (AvgIpc) is 2.73. The van der Waals surface area contributed by atoms with E-state index in [4.69, 9.17) is 0 Å². The molecule has 4 atom stereocenters. The van der Waals surface area contributed by atoms with E-state index in [2.05, 4.69) is 19.0 Å². The minimum Gasteiger partial charge on any atom is -0.756 e. The summed E-state index contributed by atoms with van der Waals surface area (Å²) in [5, 5.41) is 30.8. The van der Waals surface area contributed by atoms with E-state index in [-0.39, 0.29) is 17.7 Å². The third-order valence-corrected chi connectivity index (χ3v) is 5.92. The van der Waals surface area contributed by atoms with Crippen molar-refractivity contribution in [3.8, 4) is 11.5 Å². The topological polar surface area (TPSA) is 236 Å². The SMILES string of the molecule is COP(=O)([O-])OC[C@H](O)[C@H](O)[C@H](O)Cn1c2nc(=O)[nH]c(=O)c-2nc2cc(C)c(C)cc21.[NH4+]. The summed E-state index contributed by atoms with van der Waals surface area (Å²) >= 11 is 0. The lowest BCUT2D eigenvalue weighted by Crippen LogP contribution is -2.43. The van der Waals surface area contributed by atoms with E-state index in [1.54, 1.807) is 12.1 Å². The molecule has 2 aliphatic rings. The Labute approximate surface area is 187 Å². The number of fused-ring (bicyclic) bond motifs is 2. The minimum absolute atomic E-state index is 0. The summed E-state index contributed by atoms with van der Waals surface area (Å²) in [6.07, 6.45) is -5.31.